The maximum absolute atomic E-state index is 10.9. The molecule has 82 valence electrons. The molecule has 0 N–H and O–H groups in total. The molecule has 0 spiro atoms. The molecular weight excluding hydrogens is 190 g/mol. The van der Waals surface area contributed by atoms with E-state index in [9.17, 15) is 10.0 Å². The fourth-order valence-corrected chi connectivity index (χ4v) is 0.501. The van der Waals surface area contributed by atoms with E-state index in [1.165, 1.54) is 14.1 Å². The summed E-state index contributed by atoms with van der Waals surface area (Å²) in [4.78, 5) is 15.5. The van der Waals surface area contributed by atoms with Gasteiger partial charge in [0, 0.05) is 0 Å². The van der Waals surface area contributed by atoms with E-state index in [1.807, 2.05) is 0 Å². The zero-order chi connectivity index (χ0) is 11.1. The lowest BCUT2D eigenvalue weighted by atomic mass is 10.5. The van der Waals surface area contributed by atoms with E-state index in [0.717, 1.165) is 5.01 Å². The highest BCUT2D eigenvalue weighted by Crippen LogP contribution is 1.90. The number of rotatable bonds is 5. The van der Waals surface area contributed by atoms with Gasteiger partial charge in [-0.05, 0) is 13.8 Å². The van der Waals surface area contributed by atoms with Gasteiger partial charge in [-0.15, -0.1) is 0 Å². The molecule has 0 radical (unpaired) electrons. The summed E-state index contributed by atoms with van der Waals surface area (Å²) in [5.41, 5.74) is 0. The molecular formula is C7H15N3O4. The van der Waals surface area contributed by atoms with Crippen molar-refractivity contribution in [3.8, 4) is 0 Å². The number of hydrogen-bond acceptors (Lipinski definition) is 5. The van der Waals surface area contributed by atoms with E-state index in [2.05, 4.69) is 10.1 Å². The van der Waals surface area contributed by atoms with Gasteiger partial charge in [0.25, 0.3) is 0 Å². The van der Waals surface area contributed by atoms with Gasteiger partial charge in [-0.3, -0.25) is 0 Å². The molecule has 0 aromatic carbocycles. The fourth-order valence-electron chi connectivity index (χ4n) is 0.501. The maximum atomic E-state index is 10.9. The molecule has 0 saturated carbocycles. The van der Waals surface area contributed by atoms with Crippen LogP contribution in [0.15, 0.2) is 5.28 Å². The Labute approximate surface area is 82.4 Å². The quantitative estimate of drug-likeness (QED) is 0.279. The molecule has 0 unspecified atom stereocenters. The SMILES string of the molecule is CC(C)OC(=O)CON=[N+]([O-])N(C)C. The molecule has 0 aromatic heterocycles. The lowest BCUT2D eigenvalue weighted by Crippen LogP contribution is -2.22. The molecule has 7 heteroatoms. The van der Waals surface area contributed by atoms with Crippen LogP contribution in [0.1, 0.15) is 13.8 Å². The average Bonchev–Trinajstić information content (AvgIpc) is 2.02. The van der Waals surface area contributed by atoms with Crippen molar-refractivity contribution in [3.05, 3.63) is 5.21 Å². The summed E-state index contributed by atoms with van der Waals surface area (Å²) < 4.78 is 4.73. The molecule has 0 fully saturated rings. The van der Waals surface area contributed by atoms with Crippen molar-refractivity contribution >= 4 is 5.97 Å². The minimum atomic E-state index is -0.559. The van der Waals surface area contributed by atoms with Crippen LogP contribution in [0.5, 0.6) is 0 Å². The zero-order valence-electron chi connectivity index (χ0n) is 8.76. The first kappa shape index (κ1) is 12.5. The van der Waals surface area contributed by atoms with E-state index < -0.39 is 5.97 Å². The Hall–Kier alpha value is -1.53. The van der Waals surface area contributed by atoms with Crippen LogP contribution in [-0.2, 0) is 14.4 Å². The van der Waals surface area contributed by atoms with E-state index in [-0.39, 0.29) is 17.7 Å². The first-order chi connectivity index (χ1) is 6.43. The number of carbonyl (C=O) groups excluding carboxylic acids is 1. The summed E-state index contributed by atoms with van der Waals surface area (Å²) in [5.74, 6) is -0.559. The molecule has 14 heavy (non-hydrogen) atoms. The van der Waals surface area contributed by atoms with E-state index >= 15 is 0 Å². The largest absolute Gasteiger partial charge is 0.569 e. The minimum Gasteiger partial charge on any atom is -0.569 e. The summed E-state index contributed by atoms with van der Waals surface area (Å²) in [6.07, 6.45) is -0.205. The molecule has 0 bridgehead atoms. The molecule has 0 aliphatic carbocycles. The second kappa shape index (κ2) is 6.01. The van der Waals surface area contributed by atoms with Crippen LogP contribution in [0.2, 0.25) is 0 Å². The van der Waals surface area contributed by atoms with Crippen LogP contribution >= 0.6 is 0 Å². The third kappa shape index (κ3) is 6.04. The van der Waals surface area contributed by atoms with Gasteiger partial charge in [0.05, 0.1) is 25.2 Å². The normalized spacial score (nSPS) is 11.4. The zero-order valence-corrected chi connectivity index (χ0v) is 8.76. The van der Waals surface area contributed by atoms with Crippen molar-refractivity contribution in [1.82, 2.24) is 5.01 Å². The van der Waals surface area contributed by atoms with Crippen molar-refractivity contribution in [2.75, 3.05) is 20.7 Å². The van der Waals surface area contributed by atoms with Gasteiger partial charge >= 0.3 is 5.97 Å². The smallest absolute Gasteiger partial charge is 0.347 e. The first-order valence-corrected chi connectivity index (χ1v) is 4.10. The van der Waals surface area contributed by atoms with Crippen molar-refractivity contribution in [2.45, 2.75) is 20.0 Å². The highest BCUT2D eigenvalue weighted by molar-refractivity contribution is 5.70. The molecule has 0 aliphatic rings. The van der Waals surface area contributed by atoms with Crippen LogP contribution in [-0.4, -0.2) is 42.8 Å². The molecule has 7 nitrogen and oxygen atoms in total. The van der Waals surface area contributed by atoms with Crippen LogP contribution in [0.3, 0.4) is 0 Å². The Bertz CT molecular complexity index is 215. The number of hydrazine groups is 1. The van der Waals surface area contributed by atoms with Crippen LogP contribution in [0.4, 0.5) is 0 Å². The molecule has 0 saturated heterocycles. The Morgan fingerprint density at radius 2 is 2.14 bits per heavy atom. The van der Waals surface area contributed by atoms with Gasteiger partial charge in [-0.2, -0.15) is 5.01 Å². The predicted octanol–water partition coefficient (Wildman–Crippen LogP) is 0.309. The predicted molar refractivity (Wildman–Crippen MR) is 46.9 cm³/mol. The highest BCUT2D eigenvalue weighted by Gasteiger charge is 2.07. The summed E-state index contributed by atoms with van der Waals surface area (Å²) in [5, 5.41) is 15.0. The van der Waals surface area contributed by atoms with Crippen LogP contribution < -0.4 is 0 Å². The third-order valence-electron chi connectivity index (χ3n) is 1.02. The van der Waals surface area contributed by atoms with Crippen molar-refractivity contribution in [2.24, 2.45) is 5.28 Å². The lowest BCUT2D eigenvalue weighted by Gasteiger charge is -2.07. The van der Waals surface area contributed by atoms with E-state index in [0.29, 0.717) is 0 Å². The number of esters is 1. The Morgan fingerprint density at radius 3 is 2.57 bits per heavy atom. The number of nitrogens with zero attached hydrogens (tertiary/aromatic N) is 3. The van der Waals surface area contributed by atoms with Gasteiger partial charge in [-0.1, -0.05) is 0 Å². The second-order valence-corrected chi connectivity index (χ2v) is 2.99. The van der Waals surface area contributed by atoms with Crippen LogP contribution in [0.25, 0.3) is 0 Å². The summed E-state index contributed by atoms with van der Waals surface area (Å²) in [7, 11) is 2.98. The van der Waals surface area contributed by atoms with Gasteiger partial charge < -0.3 is 14.8 Å². The van der Waals surface area contributed by atoms with Gasteiger partial charge in [0.15, 0.2) is 0 Å². The summed E-state index contributed by atoms with van der Waals surface area (Å²) in [6.45, 7) is 3.06. The van der Waals surface area contributed by atoms with Gasteiger partial charge in [0.2, 0.25) is 11.9 Å². The number of ether oxygens (including phenoxy) is 1. The minimum absolute atomic E-state index is 0.205. The van der Waals surface area contributed by atoms with Crippen molar-refractivity contribution in [1.29, 1.82) is 0 Å². The monoisotopic (exact) mass is 205 g/mol. The molecule has 0 aromatic rings. The van der Waals surface area contributed by atoms with E-state index in [1.54, 1.807) is 13.8 Å². The van der Waals surface area contributed by atoms with Gasteiger partial charge in [0.1, 0.15) is 0 Å². The third-order valence-corrected chi connectivity index (χ3v) is 1.02. The van der Waals surface area contributed by atoms with Crippen molar-refractivity contribution < 1.29 is 19.3 Å². The topological polar surface area (TPSA) is 77.2 Å². The first-order valence-electron chi connectivity index (χ1n) is 4.10. The van der Waals surface area contributed by atoms with E-state index in [4.69, 9.17) is 4.74 Å². The summed E-state index contributed by atoms with van der Waals surface area (Å²) >= 11 is 0. The molecule has 0 atom stereocenters. The number of hydrogen-bond donors (Lipinski definition) is 0. The van der Waals surface area contributed by atoms with Crippen LogP contribution in [0, 0.1) is 5.21 Å². The Morgan fingerprint density at radius 1 is 1.57 bits per heavy atom. The fraction of sp³-hybridized carbons (Fsp3) is 0.857. The Kier molecular flexibility index (Phi) is 5.35. The highest BCUT2D eigenvalue weighted by atomic mass is 16.7. The lowest BCUT2D eigenvalue weighted by molar-refractivity contribution is -0.699. The molecule has 0 amide bonds. The second-order valence-electron chi connectivity index (χ2n) is 2.99. The molecule has 0 aliphatic heterocycles. The van der Waals surface area contributed by atoms with Crippen molar-refractivity contribution in [3.63, 3.8) is 0 Å². The average molecular weight is 205 g/mol. The number of carbonyl (C=O) groups is 1. The Balaban J connectivity index is 3.74. The standard InChI is InChI=1S/C7H15N3O4/c1-6(2)14-7(11)5-13-8-10(12)9(3)4/h6H,5H2,1-4H3. The molecule has 0 rings (SSSR count). The summed E-state index contributed by atoms with van der Waals surface area (Å²) in [6, 6.07) is 0. The van der Waals surface area contributed by atoms with Gasteiger partial charge in [-0.25, -0.2) is 4.79 Å². The maximum Gasteiger partial charge on any atom is 0.347 e. The molecule has 0 heterocycles.